The molecule has 1 unspecified atom stereocenters. The van der Waals surface area contributed by atoms with E-state index < -0.39 is 0 Å². The van der Waals surface area contributed by atoms with E-state index in [-0.39, 0.29) is 11.7 Å². The van der Waals surface area contributed by atoms with Crippen molar-refractivity contribution in [2.24, 2.45) is 5.92 Å². The van der Waals surface area contributed by atoms with E-state index >= 15 is 0 Å². The minimum absolute atomic E-state index is 0.149. The number of phenolic OH excluding ortho intramolecular Hbond substituents is 1. The van der Waals surface area contributed by atoms with Crippen molar-refractivity contribution in [2.45, 2.75) is 26.7 Å². The fourth-order valence-corrected chi connectivity index (χ4v) is 1.24. The predicted molar refractivity (Wildman–Crippen MR) is 62.5 cm³/mol. The summed E-state index contributed by atoms with van der Waals surface area (Å²) in [6.07, 6.45) is 1.98. The van der Waals surface area contributed by atoms with Gasteiger partial charge in [0, 0.05) is 0 Å². The molecule has 1 N–H and O–H groups in total. The summed E-state index contributed by atoms with van der Waals surface area (Å²) in [5.74, 6) is 0.395. The molecule has 0 aromatic heterocycles. The van der Waals surface area contributed by atoms with Crippen molar-refractivity contribution in [3.63, 3.8) is 0 Å². The number of aromatic hydroxyl groups is 1. The van der Waals surface area contributed by atoms with Crippen molar-refractivity contribution in [2.75, 3.05) is 6.61 Å². The highest BCUT2D eigenvalue weighted by atomic mass is 16.5. The lowest BCUT2D eigenvalue weighted by molar-refractivity contribution is 0.0485. The number of benzene rings is 1. The number of rotatable bonds is 5. The van der Waals surface area contributed by atoms with Crippen LogP contribution in [0.3, 0.4) is 0 Å². The molecule has 0 bridgehead atoms. The Hall–Kier alpha value is -1.51. The topological polar surface area (TPSA) is 46.5 Å². The molecule has 0 aliphatic rings. The van der Waals surface area contributed by atoms with Gasteiger partial charge in [0.15, 0.2) is 0 Å². The summed E-state index contributed by atoms with van der Waals surface area (Å²) < 4.78 is 5.12. The van der Waals surface area contributed by atoms with Crippen molar-refractivity contribution < 1.29 is 14.6 Å². The molecule has 0 spiro atoms. The van der Waals surface area contributed by atoms with E-state index in [1.807, 2.05) is 0 Å². The van der Waals surface area contributed by atoms with Crippen LogP contribution in [0.1, 0.15) is 37.0 Å². The first kappa shape index (κ1) is 12.6. The first-order valence-electron chi connectivity index (χ1n) is 5.59. The molecule has 0 aliphatic carbocycles. The van der Waals surface area contributed by atoms with Gasteiger partial charge in [-0.1, -0.05) is 20.3 Å². The lowest BCUT2D eigenvalue weighted by atomic mass is 10.1. The molecule has 16 heavy (non-hydrogen) atoms. The predicted octanol–water partition coefficient (Wildman–Crippen LogP) is 2.99. The number of esters is 1. The summed E-state index contributed by atoms with van der Waals surface area (Å²) in [6.45, 7) is 4.70. The quantitative estimate of drug-likeness (QED) is 0.779. The van der Waals surface area contributed by atoms with Gasteiger partial charge in [-0.25, -0.2) is 4.79 Å². The Morgan fingerprint density at radius 2 is 2.00 bits per heavy atom. The Bertz CT molecular complexity index is 330. The molecule has 3 heteroatoms. The van der Waals surface area contributed by atoms with E-state index in [0.717, 1.165) is 12.8 Å². The number of carbonyl (C=O) groups is 1. The lowest BCUT2D eigenvalue weighted by Gasteiger charge is -2.08. The molecule has 0 fully saturated rings. The fourth-order valence-electron chi connectivity index (χ4n) is 1.24. The second-order valence-electron chi connectivity index (χ2n) is 3.98. The third kappa shape index (κ3) is 3.93. The van der Waals surface area contributed by atoms with Crippen LogP contribution in [0.2, 0.25) is 0 Å². The van der Waals surface area contributed by atoms with Crippen molar-refractivity contribution in [1.29, 1.82) is 0 Å². The average Bonchev–Trinajstić information content (AvgIpc) is 2.29. The normalized spacial score (nSPS) is 12.1. The van der Waals surface area contributed by atoms with Gasteiger partial charge >= 0.3 is 5.97 Å². The van der Waals surface area contributed by atoms with Crippen LogP contribution in [0.5, 0.6) is 5.75 Å². The van der Waals surface area contributed by atoms with Crippen LogP contribution in [-0.2, 0) is 4.74 Å². The first-order chi connectivity index (χ1) is 7.63. The maximum absolute atomic E-state index is 11.5. The molecule has 0 amide bonds. The Labute approximate surface area is 96.1 Å². The van der Waals surface area contributed by atoms with Gasteiger partial charge in [0.25, 0.3) is 0 Å². The van der Waals surface area contributed by atoms with Crippen molar-refractivity contribution in [3.8, 4) is 5.75 Å². The molecule has 1 aromatic rings. The largest absolute Gasteiger partial charge is 0.508 e. The van der Waals surface area contributed by atoms with E-state index in [9.17, 15) is 4.79 Å². The molecule has 3 nitrogen and oxygen atoms in total. The van der Waals surface area contributed by atoms with Gasteiger partial charge in [0.2, 0.25) is 0 Å². The molecule has 0 aliphatic heterocycles. The van der Waals surface area contributed by atoms with Gasteiger partial charge in [0.1, 0.15) is 5.75 Å². The van der Waals surface area contributed by atoms with Crippen LogP contribution in [0, 0.1) is 5.92 Å². The summed E-state index contributed by atoms with van der Waals surface area (Å²) in [7, 11) is 0. The standard InChI is InChI=1S/C13H18O3/c1-3-10(2)8-9-16-13(15)11-4-6-12(14)7-5-11/h4-7,10,14H,3,8-9H2,1-2H3. The zero-order valence-electron chi connectivity index (χ0n) is 9.77. The Kier molecular flexibility index (Phi) is 4.83. The van der Waals surface area contributed by atoms with Crippen LogP contribution < -0.4 is 0 Å². The monoisotopic (exact) mass is 222 g/mol. The van der Waals surface area contributed by atoms with Gasteiger partial charge in [-0.15, -0.1) is 0 Å². The molecule has 88 valence electrons. The maximum Gasteiger partial charge on any atom is 0.338 e. The van der Waals surface area contributed by atoms with Gasteiger partial charge in [-0.2, -0.15) is 0 Å². The number of phenols is 1. The van der Waals surface area contributed by atoms with Crippen LogP contribution in [0.25, 0.3) is 0 Å². The van der Waals surface area contributed by atoms with E-state index in [4.69, 9.17) is 9.84 Å². The van der Waals surface area contributed by atoms with Crippen LogP contribution in [0.4, 0.5) is 0 Å². The van der Waals surface area contributed by atoms with E-state index in [0.29, 0.717) is 18.1 Å². The summed E-state index contributed by atoms with van der Waals surface area (Å²) in [5, 5.41) is 9.07. The second-order valence-corrected chi connectivity index (χ2v) is 3.98. The number of hydrogen-bond donors (Lipinski definition) is 1. The zero-order valence-corrected chi connectivity index (χ0v) is 9.77. The zero-order chi connectivity index (χ0) is 12.0. The number of hydrogen-bond acceptors (Lipinski definition) is 3. The van der Waals surface area contributed by atoms with Crippen LogP contribution >= 0.6 is 0 Å². The highest BCUT2D eigenvalue weighted by molar-refractivity contribution is 5.89. The summed E-state index contributed by atoms with van der Waals surface area (Å²) in [4.78, 5) is 11.5. The maximum atomic E-state index is 11.5. The second kappa shape index (κ2) is 6.16. The Morgan fingerprint density at radius 1 is 1.38 bits per heavy atom. The smallest absolute Gasteiger partial charge is 0.338 e. The third-order valence-corrected chi connectivity index (χ3v) is 2.64. The molecule has 0 heterocycles. The highest BCUT2D eigenvalue weighted by Gasteiger charge is 2.07. The molecule has 0 radical (unpaired) electrons. The van der Waals surface area contributed by atoms with E-state index in [1.165, 1.54) is 12.1 Å². The van der Waals surface area contributed by atoms with Gasteiger partial charge in [0.05, 0.1) is 12.2 Å². The van der Waals surface area contributed by atoms with E-state index in [2.05, 4.69) is 13.8 Å². The highest BCUT2D eigenvalue weighted by Crippen LogP contribution is 2.11. The van der Waals surface area contributed by atoms with Crippen LogP contribution in [-0.4, -0.2) is 17.7 Å². The minimum Gasteiger partial charge on any atom is -0.508 e. The van der Waals surface area contributed by atoms with Crippen LogP contribution in [0.15, 0.2) is 24.3 Å². The van der Waals surface area contributed by atoms with Gasteiger partial charge < -0.3 is 9.84 Å². The van der Waals surface area contributed by atoms with E-state index in [1.54, 1.807) is 12.1 Å². The number of ether oxygens (including phenoxy) is 1. The lowest BCUT2D eigenvalue weighted by Crippen LogP contribution is -2.08. The molecule has 0 saturated heterocycles. The van der Waals surface area contributed by atoms with Crippen molar-refractivity contribution >= 4 is 5.97 Å². The van der Waals surface area contributed by atoms with Crippen molar-refractivity contribution in [3.05, 3.63) is 29.8 Å². The van der Waals surface area contributed by atoms with Crippen molar-refractivity contribution in [1.82, 2.24) is 0 Å². The Balaban J connectivity index is 2.38. The SMILES string of the molecule is CCC(C)CCOC(=O)c1ccc(O)cc1. The molecule has 1 aromatic carbocycles. The molecular weight excluding hydrogens is 204 g/mol. The van der Waals surface area contributed by atoms with Gasteiger partial charge in [-0.3, -0.25) is 0 Å². The summed E-state index contributed by atoms with van der Waals surface area (Å²) in [5.41, 5.74) is 0.474. The Morgan fingerprint density at radius 3 is 2.56 bits per heavy atom. The third-order valence-electron chi connectivity index (χ3n) is 2.64. The molecule has 1 rings (SSSR count). The molecule has 0 saturated carbocycles. The molecular formula is C13H18O3. The first-order valence-corrected chi connectivity index (χ1v) is 5.59. The fraction of sp³-hybridized carbons (Fsp3) is 0.462. The average molecular weight is 222 g/mol. The number of carbonyl (C=O) groups excluding carboxylic acids is 1. The minimum atomic E-state index is -0.330. The van der Waals surface area contributed by atoms with Gasteiger partial charge in [-0.05, 0) is 36.6 Å². The summed E-state index contributed by atoms with van der Waals surface area (Å²) >= 11 is 0. The summed E-state index contributed by atoms with van der Waals surface area (Å²) in [6, 6.07) is 6.07. The molecule has 1 atom stereocenters.